The molecular formula is C11H13BrN2O4. The lowest BCUT2D eigenvalue weighted by atomic mass is 10.2. The number of nitrogens with one attached hydrogen (secondary N) is 1. The summed E-state index contributed by atoms with van der Waals surface area (Å²) in [6.45, 7) is 0.576. The average Bonchev–Trinajstić information content (AvgIpc) is 2.30. The Labute approximate surface area is 112 Å². The van der Waals surface area contributed by atoms with Gasteiger partial charge in [-0.1, -0.05) is 0 Å². The van der Waals surface area contributed by atoms with Crippen LogP contribution in [0.4, 0.5) is 11.4 Å². The van der Waals surface area contributed by atoms with Crippen molar-refractivity contribution in [3.05, 3.63) is 32.8 Å². The van der Waals surface area contributed by atoms with E-state index in [1.165, 1.54) is 12.1 Å². The Balaban J connectivity index is 2.48. The Morgan fingerprint density at radius 3 is 2.78 bits per heavy atom. The van der Waals surface area contributed by atoms with Crippen LogP contribution in [0, 0.1) is 10.1 Å². The van der Waals surface area contributed by atoms with Crippen LogP contribution < -0.4 is 5.32 Å². The highest BCUT2D eigenvalue weighted by Crippen LogP contribution is 2.27. The summed E-state index contributed by atoms with van der Waals surface area (Å²) in [6.07, 6.45) is 1.41. The predicted octanol–water partition coefficient (Wildman–Crippen LogP) is 3.02. The van der Waals surface area contributed by atoms with Gasteiger partial charge in [-0.3, -0.25) is 14.9 Å². The van der Waals surface area contributed by atoms with Gasteiger partial charge in [0, 0.05) is 29.6 Å². The summed E-state index contributed by atoms with van der Waals surface area (Å²) in [5.41, 5.74) is 0.658. The minimum atomic E-state index is -0.813. The van der Waals surface area contributed by atoms with Crippen molar-refractivity contribution in [1.82, 2.24) is 0 Å². The van der Waals surface area contributed by atoms with Gasteiger partial charge in [0.2, 0.25) is 0 Å². The van der Waals surface area contributed by atoms with Crippen LogP contribution in [0.2, 0.25) is 0 Å². The Kier molecular flexibility index (Phi) is 5.57. The summed E-state index contributed by atoms with van der Waals surface area (Å²) >= 11 is 3.29. The number of anilines is 1. The largest absolute Gasteiger partial charge is 0.481 e. The molecule has 0 fully saturated rings. The van der Waals surface area contributed by atoms with Gasteiger partial charge in [-0.25, -0.2) is 0 Å². The van der Waals surface area contributed by atoms with Crippen molar-refractivity contribution in [3.8, 4) is 0 Å². The van der Waals surface area contributed by atoms with Gasteiger partial charge in [-0.2, -0.15) is 0 Å². The highest BCUT2D eigenvalue weighted by molar-refractivity contribution is 9.10. The van der Waals surface area contributed by atoms with Crippen molar-refractivity contribution in [1.29, 1.82) is 0 Å². The van der Waals surface area contributed by atoms with Crippen LogP contribution in [0.1, 0.15) is 19.3 Å². The fourth-order valence-electron chi connectivity index (χ4n) is 1.39. The molecule has 0 amide bonds. The average molecular weight is 317 g/mol. The third-order valence-electron chi connectivity index (χ3n) is 2.29. The number of unbranched alkanes of at least 4 members (excludes halogenated alkanes) is 1. The lowest BCUT2D eigenvalue weighted by molar-refractivity contribution is -0.384. The number of carbonyl (C=O) groups is 1. The van der Waals surface area contributed by atoms with Gasteiger partial charge < -0.3 is 10.4 Å². The fourth-order valence-corrected chi connectivity index (χ4v) is 1.77. The summed E-state index contributed by atoms with van der Waals surface area (Å²) in [5, 5.41) is 22.1. The summed E-state index contributed by atoms with van der Waals surface area (Å²) in [5.74, 6) is -0.813. The van der Waals surface area contributed by atoms with Crippen LogP contribution in [0.5, 0.6) is 0 Å². The molecule has 0 radical (unpaired) electrons. The quantitative estimate of drug-likeness (QED) is 0.458. The molecule has 0 atom stereocenters. The number of nitro benzene ring substituents is 1. The maximum absolute atomic E-state index is 10.6. The first-order valence-corrected chi connectivity index (χ1v) is 6.19. The molecule has 1 rings (SSSR count). The fraction of sp³-hybridized carbons (Fsp3) is 0.364. The molecule has 0 bridgehead atoms. The van der Waals surface area contributed by atoms with Gasteiger partial charge in [-0.15, -0.1) is 0 Å². The van der Waals surface area contributed by atoms with E-state index in [2.05, 4.69) is 21.2 Å². The number of hydrogen-bond donors (Lipinski definition) is 2. The van der Waals surface area contributed by atoms with E-state index >= 15 is 0 Å². The molecule has 2 N–H and O–H groups in total. The maximum atomic E-state index is 10.6. The van der Waals surface area contributed by atoms with Crippen molar-refractivity contribution in [2.75, 3.05) is 11.9 Å². The number of carboxylic acid groups (broad SMARTS) is 1. The van der Waals surface area contributed by atoms with E-state index in [1.807, 2.05) is 0 Å². The maximum Gasteiger partial charge on any atom is 0.303 e. The number of rotatable bonds is 7. The molecule has 1 aromatic rings. The first-order chi connectivity index (χ1) is 8.50. The van der Waals surface area contributed by atoms with Gasteiger partial charge in [0.05, 0.1) is 10.6 Å². The Morgan fingerprint density at radius 2 is 2.17 bits per heavy atom. The summed E-state index contributed by atoms with van der Waals surface area (Å²) < 4.78 is 0.742. The van der Waals surface area contributed by atoms with E-state index < -0.39 is 10.9 Å². The second kappa shape index (κ2) is 6.95. The molecular weight excluding hydrogens is 304 g/mol. The zero-order valence-corrected chi connectivity index (χ0v) is 11.1. The van der Waals surface area contributed by atoms with Gasteiger partial charge in [0.25, 0.3) is 5.69 Å². The van der Waals surface area contributed by atoms with Crippen LogP contribution in [0.15, 0.2) is 22.7 Å². The number of halogens is 1. The first-order valence-electron chi connectivity index (χ1n) is 5.40. The third-order valence-corrected chi connectivity index (χ3v) is 2.99. The highest BCUT2D eigenvalue weighted by Gasteiger charge is 2.08. The van der Waals surface area contributed by atoms with E-state index in [9.17, 15) is 14.9 Å². The molecule has 1 aromatic carbocycles. The SMILES string of the molecule is O=C(O)CCCCNc1cc([N+](=O)[O-])ccc1Br. The van der Waals surface area contributed by atoms with Crippen LogP contribution >= 0.6 is 15.9 Å². The molecule has 0 heterocycles. The van der Waals surface area contributed by atoms with Crippen molar-refractivity contribution < 1.29 is 14.8 Å². The van der Waals surface area contributed by atoms with E-state index in [0.717, 1.165) is 4.47 Å². The number of nitro groups is 1. The van der Waals surface area contributed by atoms with Gasteiger partial charge >= 0.3 is 5.97 Å². The lowest BCUT2D eigenvalue weighted by Gasteiger charge is -2.07. The summed E-state index contributed by atoms with van der Waals surface area (Å²) in [6, 6.07) is 4.47. The first kappa shape index (κ1) is 14.4. The second-order valence-electron chi connectivity index (χ2n) is 3.70. The molecule has 0 aliphatic rings. The van der Waals surface area contributed by atoms with Crippen molar-refractivity contribution in [2.45, 2.75) is 19.3 Å². The van der Waals surface area contributed by atoms with Crippen molar-refractivity contribution in [2.24, 2.45) is 0 Å². The third kappa shape index (κ3) is 4.70. The molecule has 0 saturated heterocycles. The molecule has 0 saturated carbocycles. The zero-order chi connectivity index (χ0) is 13.5. The van der Waals surface area contributed by atoms with Crippen molar-refractivity contribution >= 4 is 33.3 Å². The van der Waals surface area contributed by atoms with E-state index in [-0.39, 0.29) is 12.1 Å². The number of carboxylic acids is 1. The topological polar surface area (TPSA) is 92.5 Å². The Bertz CT molecular complexity index is 451. The van der Waals surface area contributed by atoms with Crippen molar-refractivity contribution in [3.63, 3.8) is 0 Å². The normalized spacial score (nSPS) is 10.1. The molecule has 0 aliphatic carbocycles. The molecule has 0 unspecified atom stereocenters. The standard InChI is InChI=1S/C11H13BrN2O4/c12-9-5-4-8(14(17)18)7-10(9)13-6-2-1-3-11(15)16/h4-5,7,13H,1-3,6H2,(H,15,16). The van der Waals surface area contributed by atoms with E-state index in [4.69, 9.17) is 5.11 Å². The molecule has 0 aromatic heterocycles. The molecule has 0 spiro atoms. The van der Waals surface area contributed by atoms with Crippen LogP contribution in [0.3, 0.4) is 0 Å². The number of nitrogens with zero attached hydrogens (tertiary/aromatic N) is 1. The zero-order valence-electron chi connectivity index (χ0n) is 9.56. The molecule has 18 heavy (non-hydrogen) atoms. The minimum absolute atomic E-state index is 0.0197. The minimum Gasteiger partial charge on any atom is -0.481 e. The van der Waals surface area contributed by atoms with Gasteiger partial charge in [0.1, 0.15) is 0 Å². The van der Waals surface area contributed by atoms with E-state index in [0.29, 0.717) is 25.1 Å². The Hall–Kier alpha value is -1.63. The number of hydrogen-bond acceptors (Lipinski definition) is 4. The number of aliphatic carboxylic acids is 1. The monoisotopic (exact) mass is 316 g/mol. The van der Waals surface area contributed by atoms with Crippen LogP contribution in [0.25, 0.3) is 0 Å². The summed E-state index contributed by atoms with van der Waals surface area (Å²) in [4.78, 5) is 20.5. The Morgan fingerprint density at radius 1 is 1.44 bits per heavy atom. The molecule has 98 valence electrons. The summed E-state index contributed by atoms with van der Waals surface area (Å²) in [7, 11) is 0. The smallest absolute Gasteiger partial charge is 0.303 e. The van der Waals surface area contributed by atoms with Crippen LogP contribution in [-0.4, -0.2) is 22.5 Å². The highest BCUT2D eigenvalue weighted by atomic mass is 79.9. The molecule has 6 nitrogen and oxygen atoms in total. The predicted molar refractivity (Wildman–Crippen MR) is 70.8 cm³/mol. The van der Waals surface area contributed by atoms with Gasteiger partial charge in [0.15, 0.2) is 0 Å². The number of benzene rings is 1. The number of non-ortho nitro benzene ring substituents is 1. The van der Waals surface area contributed by atoms with E-state index in [1.54, 1.807) is 6.07 Å². The second-order valence-corrected chi connectivity index (χ2v) is 4.55. The van der Waals surface area contributed by atoms with Crippen LogP contribution in [-0.2, 0) is 4.79 Å². The van der Waals surface area contributed by atoms with Gasteiger partial charge in [-0.05, 0) is 34.8 Å². The lowest BCUT2D eigenvalue weighted by Crippen LogP contribution is -2.04. The molecule has 0 aliphatic heterocycles. The molecule has 7 heteroatoms.